The van der Waals surface area contributed by atoms with Gasteiger partial charge in [-0.3, -0.25) is 14.3 Å². The Morgan fingerprint density at radius 3 is 2.30 bits per heavy atom. The molecule has 0 fully saturated rings. The van der Waals surface area contributed by atoms with Crippen LogP contribution in [0, 0.1) is 0 Å². The normalized spacial score (nSPS) is 12.0. The Balaban J connectivity index is 2.81. The number of nitrogens with one attached hydrogen (secondary N) is 1. The van der Waals surface area contributed by atoms with Crippen molar-refractivity contribution in [1.82, 2.24) is 4.90 Å². The van der Waals surface area contributed by atoms with Gasteiger partial charge in [0.1, 0.15) is 6.54 Å². The Morgan fingerprint density at radius 2 is 1.81 bits per heavy atom. The third-order valence-electron chi connectivity index (χ3n) is 3.16. The van der Waals surface area contributed by atoms with Crippen LogP contribution in [-0.2, 0) is 24.3 Å². The van der Waals surface area contributed by atoms with Gasteiger partial charge in [-0.25, -0.2) is 8.42 Å². The number of anilines is 1. The molecule has 0 unspecified atom stereocenters. The highest BCUT2D eigenvalue weighted by Crippen LogP contribution is 2.20. The van der Waals surface area contributed by atoms with Crippen LogP contribution in [0.15, 0.2) is 30.3 Å². The van der Waals surface area contributed by atoms with Gasteiger partial charge in [-0.05, 0) is 23.8 Å². The minimum Gasteiger partial charge on any atom is -0.468 e. The molecule has 1 rings (SSSR count). The number of rotatable bonds is 8. The van der Waals surface area contributed by atoms with Crippen molar-refractivity contribution in [2.45, 2.75) is 12.6 Å². The number of carbonyl (C=O) groups is 2. The second-order valence-corrected chi connectivity index (χ2v) is 7.28. The average Bonchev–Trinajstić information content (AvgIpc) is 2.55. The number of amides is 1. The number of sulfonamides is 1. The summed E-state index contributed by atoms with van der Waals surface area (Å²) >= 11 is 0. The maximum Gasteiger partial charge on any atom is 0.390 e. The van der Waals surface area contributed by atoms with E-state index in [0.29, 0.717) is 11.3 Å². The summed E-state index contributed by atoms with van der Waals surface area (Å²) in [6, 6.07) is 5.94. The number of benzene rings is 1. The molecule has 150 valence electrons. The van der Waals surface area contributed by atoms with Gasteiger partial charge in [-0.1, -0.05) is 12.1 Å². The van der Waals surface area contributed by atoms with Gasteiger partial charge >= 0.3 is 12.1 Å². The Labute approximate surface area is 154 Å². The zero-order valence-electron chi connectivity index (χ0n) is 14.6. The minimum atomic E-state index is -4.47. The summed E-state index contributed by atoms with van der Waals surface area (Å²) < 4.78 is 66.1. The quantitative estimate of drug-likeness (QED) is 0.525. The summed E-state index contributed by atoms with van der Waals surface area (Å²) in [6.45, 7) is -1.29. The second kappa shape index (κ2) is 9.40. The standard InChI is InChI=1S/C16H19F3N2O5S/c1-26-15(23)11-21(10-9-16(17,18)19)14(22)8-5-12-3-6-13(7-4-12)20-27(2,24)25/h3-8,20H,9-11H2,1-2H3/b8-5+. The molecular formula is C16H19F3N2O5S. The van der Waals surface area contributed by atoms with Gasteiger partial charge in [-0.2, -0.15) is 13.2 Å². The smallest absolute Gasteiger partial charge is 0.390 e. The molecule has 0 aromatic heterocycles. The van der Waals surface area contributed by atoms with Gasteiger partial charge < -0.3 is 9.64 Å². The van der Waals surface area contributed by atoms with Gasteiger partial charge in [0.05, 0.1) is 19.8 Å². The van der Waals surface area contributed by atoms with Crippen LogP contribution in [0.4, 0.5) is 18.9 Å². The molecule has 1 N–H and O–H groups in total. The van der Waals surface area contributed by atoms with Gasteiger partial charge in [0.25, 0.3) is 0 Å². The van der Waals surface area contributed by atoms with Gasteiger partial charge in [0.2, 0.25) is 15.9 Å². The van der Waals surface area contributed by atoms with Crippen LogP contribution in [0.25, 0.3) is 6.08 Å². The molecule has 7 nitrogen and oxygen atoms in total. The summed E-state index contributed by atoms with van der Waals surface area (Å²) in [5, 5.41) is 0. The van der Waals surface area contributed by atoms with E-state index in [0.717, 1.165) is 24.3 Å². The monoisotopic (exact) mass is 408 g/mol. The molecule has 0 aliphatic carbocycles. The highest BCUT2D eigenvalue weighted by atomic mass is 32.2. The van der Waals surface area contributed by atoms with Gasteiger partial charge in [-0.15, -0.1) is 0 Å². The number of alkyl halides is 3. The van der Waals surface area contributed by atoms with Crippen molar-refractivity contribution in [3.05, 3.63) is 35.9 Å². The maximum atomic E-state index is 12.4. The number of carbonyl (C=O) groups excluding carboxylic acids is 2. The Bertz CT molecular complexity index is 789. The summed E-state index contributed by atoms with van der Waals surface area (Å²) in [4.78, 5) is 24.1. The average molecular weight is 408 g/mol. The Morgan fingerprint density at radius 1 is 1.22 bits per heavy atom. The van der Waals surface area contributed by atoms with Crippen molar-refractivity contribution >= 4 is 33.7 Å². The fourth-order valence-corrected chi connectivity index (χ4v) is 2.46. The first kappa shape index (κ1) is 22.5. The first-order valence-electron chi connectivity index (χ1n) is 7.58. The van der Waals surface area contributed by atoms with E-state index in [4.69, 9.17) is 0 Å². The van der Waals surface area contributed by atoms with Crippen LogP contribution in [0.3, 0.4) is 0 Å². The molecule has 0 spiro atoms. The third-order valence-corrected chi connectivity index (χ3v) is 3.76. The molecule has 0 heterocycles. The van der Waals surface area contributed by atoms with E-state index in [1.54, 1.807) is 0 Å². The second-order valence-electron chi connectivity index (χ2n) is 5.53. The molecule has 0 radical (unpaired) electrons. The van der Waals surface area contributed by atoms with E-state index >= 15 is 0 Å². The van der Waals surface area contributed by atoms with Crippen LogP contribution >= 0.6 is 0 Å². The van der Waals surface area contributed by atoms with Gasteiger partial charge in [0, 0.05) is 18.3 Å². The number of ether oxygens (including phenoxy) is 1. The van der Waals surface area contributed by atoms with Crippen LogP contribution < -0.4 is 4.72 Å². The van der Waals surface area contributed by atoms with Crippen molar-refractivity contribution in [3.63, 3.8) is 0 Å². The van der Waals surface area contributed by atoms with Crippen molar-refractivity contribution in [2.75, 3.05) is 31.2 Å². The van der Waals surface area contributed by atoms with E-state index in [9.17, 15) is 31.2 Å². The zero-order chi connectivity index (χ0) is 20.7. The third kappa shape index (κ3) is 9.64. The molecule has 11 heteroatoms. The predicted molar refractivity (Wildman–Crippen MR) is 93.2 cm³/mol. The van der Waals surface area contributed by atoms with Crippen LogP contribution in [0.2, 0.25) is 0 Å². The fourth-order valence-electron chi connectivity index (χ4n) is 1.90. The molecule has 0 bridgehead atoms. The number of hydrogen-bond acceptors (Lipinski definition) is 5. The lowest BCUT2D eigenvalue weighted by Crippen LogP contribution is -2.37. The zero-order valence-corrected chi connectivity index (χ0v) is 15.4. The molecule has 0 saturated carbocycles. The predicted octanol–water partition coefficient (Wildman–Crippen LogP) is 2.03. The molecule has 0 atom stereocenters. The molecule has 1 aromatic carbocycles. The SMILES string of the molecule is COC(=O)CN(CCC(F)(F)F)C(=O)/C=C/c1ccc(NS(C)(=O)=O)cc1. The van der Waals surface area contributed by atoms with Crippen molar-refractivity contribution in [2.24, 2.45) is 0 Å². The Hall–Kier alpha value is -2.56. The number of methoxy groups -OCH3 is 1. The van der Waals surface area contributed by atoms with E-state index < -0.39 is 47.6 Å². The number of nitrogens with zero attached hydrogens (tertiary/aromatic N) is 1. The molecule has 1 amide bonds. The summed E-state index contributed by atoms with van der Waals surface area (Å²) in [5.41, 5.74) is 0.828. The highest BCUT2D eigenvalue weighted by Gasteiger charge is 2.29. The number of esters is 1. The largest absolute Gasteiger partial charge is 0.468 e. The Kier molecular flexibility index (Phi) is 7.82. The lowest BCUT2D eigenvalue weighted by molar-refractivity contribution is -0.152. The van der Waals surface area contributed by atoms with E-state index in [-0.39, 0.29) is 0 Å². The summed E-state index contributed by atoms with van der Waals surface area (Å²) in [6.07, 6.45) is -2.37. The van der Waals surface area contributed by atoms with Crippen LogP contribution in [0.1, 0.15) is 12.0 Å². The summed E-state index contributed by atoms with van der Waals surface area (Å²) in [5.74, 6) is -1.63. The maximum absolute atomic E-state index is 12.4. The lowest BCUT2D eigenvalue weighted by Gasteiger charge is -2.20. The number of hydrogen-bond donors (Lipinski definition) is 1. The summed E-state index contributed by atoms with van der Waals surface area (Å²) in [7, 11) is -2.36. The first-order valence-corrected chi connectivity index (χ1v) is 9.47. The molecule has 0 aliphatic heterocycles. The van der Waals surface area contributed by atoms with E-state index in [2.05, 4.69) is 9.46 Å². The topological polar surface area (TPSA) is 92.8 Å². The highest BCUT2D eigenvalue weighted by molar-refractivity contribution is 7.92. The van der Waals surface area contributed by atoms with Crippen molar-refractivity contribution < 1.29 is 35.9 Å². The molecule has 27 heavy (non-hydrogen) atoms. The van der Waals surface area contributed by atoms with Crippen molar-refractivity contribution in [1.29, 1.82) is 0 Å². The first-order chi connectivity index (χ1) is 12.4. The molecule has 1 aromatic rings. The molecular weight excluding hydrogens is 389 g/mol. The van der Waals surface area contributed by atoms with Crippen LogP contribution in [0.5, 0.6) is 0 Å². The van der Waals surface area contributed by atoms with Crippen LogP contribution in [-0.4, -0.2) is 57.8 Å². The lowest BCUT2D eigenvalue weighted by atomic mass is 10.2. The molecule has 0 aliphatic rings. The minimum absolute atomic E-state index is 0.318. The van der Waals surface area contributed by atoms with Crippen molar-refractivity contribution in [3.8, 4) is 0 Å². The fraction of sp³-hybridized carbons (Fsp3) is 0.375. The van der Waals surface area contributed by atoms with E-state index in [1.165, 1.54) is 30.3 Å². The number of halogens is 3. The molecule has 0 saturated heterocycles. The van der Waals surface area contributed by atoms with Gasteiger partial charge in [0.15, 0.2) is 0 Å². The van der Waals surface area contributed by atoms with E-state index in [1.807, 2.05) is 0 Å².